The molecule has 4 heteroatoms. The number of carbonyl (C=O) groups excluding carboxylic acids is 3. The van der Waals surface area contributed by atoms with Gasteiger partial charge in [0.2, 0.25) is 0 Å². The fraction of sp³-hybridized carbons (Fsp3) is 0.577. The molecular weight excluding hydrogens is 376 g/mol. The third-order valence-corrected chi connectivity index (χ3v) is 8.92. The number of esters is 1. The Hall–Kier alpha value is -2.23. The molecule has 0 amide bonds. The number of hydrogen-bond donors (Lipinski definition) is 0. The molecule has 158 valence electrons. The SMILES string of the molecule is C[C@]12CCC(=O)C=C1[C@@H](OC(=O)c1ccccc1)C[C@@H]1[C@@H]2CC[C@]2(C)C(=O)CC[C@@H]12. The van der Waals surface area contributed by atoms with Gasteiger partial charge in [0.1, 0.15) is 11.9 Å². The Morgan fingerprint density at radius 3 is 2.47 bits per heavy atom. The van der Waals surface area contributed by atoms with E-state index in [0.717, 1.165) is 37.7 Å². The van der Waals surface area contributed by atoms with Crippen molar-refractivity contribution in [3.05, 3.63) is 47.5 Å². The van der Waals surface area contributed by atoms with Crippen LogP contribution in [0.1, 0.15) is 69.2 Å². The maximum atomic E-state index is 12.9. The summed E-state index contributed by atoms with van der Waals surface area (Å²) in [7, 11) is 0. The van der Waals surface area contributed by atoms with Crippen LogP contribution in [-0.2, 0) is 14.3 Å². The van der Waals surface area contributed by atoms with Crippen molar-refractivity contribution in [3.8, 4) is 0 Å². The first-order valence-corrected chi connectivity index (χ1v) is 11.4. The zero-order valence-corrected chi connectivity index (χ0v) is 17.9. The van der Waals surface area contributed by atoms with Crippen molar-refractivity contribution in [1.82, 2.24) is 0 Å². The van der Waals surface area contributed by atoms with Crippen LogP contribution >= 0.6 is 0 Å². The van der Waals surface area contributed by atoms with Gasteiger partial charge in [-0.15, -0.1) is 0 Å². The van der Waals surface area contributed by atoms with E-state index in [2.05, 4.69) is 13.8 Å². The third kappa shape index (κ3) is 2.83. The first-order chi connectivity index (χ1) is 14.3. The lowest BCUT2D eigenvalue weighted by atomic mass is 9.47. The maximum absolute atomic E-state index is 12.9. The second kappa shape index (κ2) is 6.90. The predicted molar refractivity (Wildman–Crippen MR) is 113 cm³/mol. The van der Waals surface area contributed by atoms with Crippen LogP contribution in [0.15, 0.2) is 42.0 Å². The van der Waals surface area contributed by atoms with E-state index in [1.54, 1.807) is 18.2 Å². The summed E-state index contributed by atoms with van der Waals surface area (Å²) in [4.78, 5) is 37.9. The molecule has 30 heavy (non-hydrogen) atoms. The highest BCUT2D eigenvalue weighted by atomic mass is 16.5. The van der Waals surface area contributed by atoms with E-state index in [9.17, 15) is 14.4 Å². The number of rotatable bonds is 2. The lowest BCUT2D eigenvalue weighted by Gasteiger charge is -2.58. The van der Waals surface area contributed by atoms with Crippen molar-refractivity contribution >= 4 is 17.5 Å². The highest BCUT2D eigenvalue weighted by molar-refractivity contribution is 5.93. The van der Waals surface area contributed by atoms with Crippen molar-refractivity contribution in [1.29, 1.82) is 0 Å². The van der Waals surface area contributed by atoms with E-state index in [0.29, 0.717) is 41.9 Å². The summed E-state index contributed by atoms with van der Waals surface area (Å²) in [5, 5.41) is 0. The summed E-state index contributed by atoms with van der Waals surface area (Å²) < 4.78 is 6.07. The number of fused-ring (bicyclic) bond motifs is 5. The molecule has 0 unspecified atom stereocenters. The Morgan fingerprint density at radius 2 is 1.70 bits per heavy atom. The quantitative estimate of drug-likeness (QED) is 0.654. The molecule has 5 rings (SSSR count). The molecule has 0 heterocycles. The highest BCUT2D eigenvalue weighted by Crippen LogP contribution is 2.64. The van der Waals surface area contributed by atoms with Crippen LogP contribution in [0.4, 0.5) is 0 Å². The van der Waals surface area contributed by atoms with E-state index >= 15 is 0 Å². The van der Waals surface area contributed by atoms with E-state index in [1.807, 2.05) is 18.2 Å². The summed E-state index contributed by atoms with van der Waals surface area (Å²) >= 11 is 0. The maximum Gasteiger partial charge on any atom is 0.338 e. The van der Waals surface area contributed by atoms with Gasteiger partial charge in [0.15, 0.2) is 5.78 Å². The normalized spacial score (nSPS) is 40.1. The molecule has 4 aliphatic carbocycles. The van der Waals surface area contributed by atoms with Gasteiger partial charge in [0.25, 0.3) is 0 Å². The largest absolute Gasteiger partial charge is 0.454 e. The van der Waals surface area contributed by atoms with Crippen LogP contribution in [0.25, 0.3) is 0 Å². The monoisotopic (exact) mass is 406 g/mol. The summed E-state index contributed by atoms with van der Waals surface area (Å²) in [6, 6.07) is 9.07. The fourth-order valence-corrected chi connectivity index (χ4v) is 7.23. The second-order valence-electron chi connectivity index (χ2n) is 10.3. The smallest absolute Gasteiger partial charge is 0.338 e. The molecule has 3 fully saturated rings. The fourth-order valence-electron chi connectivity index (χ4n) is 7.23. The highest BCUT2D eigenvalue weighted by Gasteiger charge is 2.61. The Bertz CT molecular complexity index is 932. The van der Waals surface area contributed by atoms with Crippen molar-refractivity contribution in [2.24, 2.45) is 28.6 Å². The molecular formula is C26H30O4. The van der Waals surface area contributed by atoms with Crippen LogP contribution in [0.3, 0.4) is 0 Å². The number of hydrogen-bond acceptors (Lipinski definition) is 4. The summed E-state index contributed by atoms with van der Waals surface area (Å²) in [5.74, 6) is 1.39. The van der Waals surface area contributed by atoms with Gasteiger partial charge in [0.05, 0.1) is 5.56 Å². The van der Waals surface area contributed by atoms with Gasteiger partial charge in [-0.1, -0.05) is 32.0 Å². The lowest BCUT2D eigenvalue weighted by Crippen LogP contribution is -2.54. The average Bonchev–Trinajstić information content (AvgIpc) is 3.05. The van der Waals surface area contributed by atoms with Crippen molar-refractivity contribution < 1.29 is 19.1 Å². The molecule has 0 aromatic heterocycles. The van der Waals surface area contributed by atoms with E-state index in [1.165, 1.54) is 0 Å². The molecule has 0 N–H and O–H groups in total. The van der Waals surface area contributed by atoms with Crippen LogP contribution in [0.2, 0.25) is 0 Å². The Balaban J connectivity index is 1.51. The molecule has 4 nitrogen and oxygen atoms in total. The Labute approximate surface area is 178 Å². The van der Waals surface area contributed by atoms with E-state index < -0.39 is 0 Å². The van der Waals surface area contributed by atoms with Crippen molar-refractivity contribution in [2.45, 2.75) is 64.9 Å². The average molecular weight is 407 g/mol. The molecule has 0 spiro atoms. The molecule has 6 atom stereocenters. The minimum absolute atomic E-state index is 0.134. The molecule has 0 bridgehead atoms. The van der Waals surface area contributed by atoms with Crippen LogP contribution < -0.4 is 0 Å². The van der Waals surface area contributed by atoms with Crippen LogP contribution in [0, 0.1) is 28.6 Å². The van der Waals surface area contributed by atoms with Gasteiger partial charge < -0.3 is 4.74 Å². The molecule has 3 saturated carbocycles. The number of Topliss-reactive ketones (excluding diaryl/α,β-unsaturated/α-hetero) is 1. The van der Waals surface area contributed by atoms with Crippen molar-refractivity contribution in [2.75, 3.05) is 0 Å². The zero-order chi connectivity index (χ0) is 21.1. The Kier molecular flexibility index (Phi) is 4.53. The van der Waals surface area contributed by atoms with Gasteiger partial charge in [-0.05, 0) is 79.1 Å². The topological polar surface area (TPSA) is 60.4 Å². The number of benzene rings is 1. The lowest BCUT2D eigenvalue weighted by molar-refractivity contribution is -0.134. The third-order valence-electron chi connectivity index (χ3n) is 8.92. The van der Waals surface area contributed by atoms with Gasteiger partial charge in [0, 0.05) is 18.3 Å². The summed E-state index contributed by atoms with van der Waals surface area (Å²) in [6.45, 7) is 4.43. The van der Waals surface area contributed by atoms with Crippen LogP contribution in [0.5, 0.6) is 0 Å². The molecule has 1 aromatic carbocycles. The zero-order valence-electron chi connectivity index (χ0n) is 17.9. The van der Waals surface area contributed by atoms with E-state index in [-0.39, 0.29) is 28.7 Å². The van der Waals surface area contributed by atoms with Crippen LogP contribution in [-0.4, -0.2) is 23.6 Å². The standard InChI is InChI=1S/C26H30O4/c1-25-12-10-17(27)14-21(25)22(30-24(29)16-6-4-3-5-7-16)15-18-19-8-9-23(28)26(19,2)13-11-20(18)25/h3-7,14,18-20,22H,8-13,15H2,1-2H3/t18-,19-,20-,22-,25+,26-/m0/s1. The van der Waals surface area contributed by atoms with Crippen molar-refractivity contribution in [3.63, 3.8) is 0 Å². The summed E-state index contributed by atoms with van der Waals surface area (Å²) in [5.41, 5.74) is 1.19. The molecule has 1 aromatic rings. The number of carbonyl (C=O) groups is 3. The Morgan fingerprint density at radius 1 is 0.967 bits per heavy atom. The molecule has 0 aliphatic heterocycles. The van der Waals surface area contributed by atoms with Gasteiger partial charge in [-0.3, -0.25) is 9.59 Å². The predicted octanol–water partition coefficient (Wildman–Crippen LogP) is 4.92. The minimum Gasteiger partial charge on any atom is -0.454 e. The van der Waals surface area contributed by atoms with Gasteiger partial charge in [-0.2, -0.15) is 0 Å². The minimum atomic E-state index is -0.383. The number of ether oxygens (including phenoxy) is 1. The second-order valence-corrected chi connectivity index (χ2v) is 10.3. The number of ketones is 2. The van der Waals surface area contributed by atoms with E-state index in [4.69, 9.17) is 4.74 Å². The first-order valence-electron chi connectivity index (χ1n) is 11.4. The molecule has 0 radical (unpaired) electrons. The van der Waals surface area contributed by atoms with Gasteiger partial charge >= 0.3 is 5.97 Å². The molecule has 0 saturated heterocycles. The summed E-state index contributed by atoms with van der Waals surface area (Å²) in [6.07, 6.45) is 7.08. The van der Waals surface area contributed by atoms with Gasteiger partial charge in [-0.25, -0.2) is 4.79 Å². The molecule has 4 aliphatic rings. The first kappa shape index (κ1) is 19.7.